The second-order valence-corrected chi connectivity index (χ2v) is 6.20. The summed E-state index contributed by atoms with van der Waals surface area (Å²) < 4.78 is 0. The first-order valence-corrected chi connectivity index (χ1v) is 8.08. The molecule has 0 amide bonds. The number of phenolic OH excluding ortho intramolecular Hbond substituents is 1. The first-order valence-electron chi connectivity index (χ1n) is 8.08. The molecule has 3 aromatic carbocycles. The van der Waals surface area contributed by atoms with Crippen LogP contribution in [0.2, 0.25) is 0 Å². The summed E-state index contributed by atoms with van der Waals surface area (Å²) in [5.41, 5.74) is 5.36. The molecule has 22 heavy (non-hydrogen) atoms. The van der Waals surface area contributed by atoms with Crippen LogP contribution in [0.4, 0.5) is 0 Å². The van der Waals surface area contributed by atoms with Crippen molar-refractivity contribution >= 4 is 10.8 Å². The lowest BCUT2D eigenvalue weighted by atomic mass is 9.73. The summed E-state index contributed by atoms with van der Waals surface area (Å²) in [6, 6.07) is 18.9. The van der Waals surface area contributed by atoms with Crippen LogP contribution in [-0.4, -0.2) is 5.11 Å². The van der Waals surface area contributed by atoms with Gasteiger partial charge >= 0.3 is 0 Å². The average molecular weight is 288 g/mol. The minimum absolute atomic E-state index is 0.0213. The molecule has 1 aliphatic rings. The van der Waals surface area contributed by atoms with E-state index in [-0.39, 0.29) is 5.41 Å². The molecule has 0 spiro atoms. The molecular formula is C21H20O. The molecule has 1 N–H and O–H groups in total. The third-order valence-corrected chi connectivity index (χ3v) is 5.46. The zero-order chi connectivity index (χ0) is 15.3. The maximum absolute atomic E-state index is 10.5. The Bertz CT molecular complexity index is 872. The highest BCUT2D eigenvalue weighted by Crippen LogP contribution is 2.55. The fourth-order valence-electron chi connectivity index (χ4n) is 4.30. The van der Waals surface area contributed by atoms with Crippen molar-refractivity contribution in [2.45, 2.75) is 32.1 Å². The van der Waals surface area contributed by atoms with E-state index < -0.39 is 0 Å². The van der Waals surface area contributed by atoms with Crippen molar-refractivity contribution in [3.8, 4) is 16.9 Å². The second-order valence-electron chi connectivity index (χ2n) is 6.20. The summed E-state index contributed by atoms with van der Waals surface area (Å²) in [7, 11) is 0. The smallest absolute Gasteiger partial charge is 0.123 e. The molecule has 0 aliphatic heterocycles. The van der Waals surface area contributed by atoms with Gasteiger partial charge in [0.15, 0.2) is 0 Å². The van der Waals surface area contributed by atoms with E-state index in [1.807, 2.05) is 18.2 Å². The van der Waals surface area contributed by atoms with E-state index in [4.69, 9.17) is 0 Å². The Morgan fingerprint density at radius 3 is 2.18 bits per heavy atom. The van der Waals surface area contributed by atoms with Gasteiger partial charge in [-0.3, -0.25) is 0 Å². The van der Waals surface area contributed by atoms with Gasteiger partial charge in [-0.1, -0.05) is 62.4 Å². The summed E-state index contributed by atoms with van der Waals surface area (Å²) in [6.07, 6.45) is 2.09. The first kappa shape index (κ1) is 13.4. The van der Waals surface area contributed by atoms with Crippen LogP contribution in [0.5, 0.6) is 5.75 Å². The van der Waals surface area contributed by atoms with Crippen LogP contribution < -0.4 is 0 Å². The molecule has 1 nitrogen and oxygen atoms in total. The van der Waals surface area contributed by atoms with Gasteiger partial charge in [-0.05, 0) is 46.5 Å². The molecule has 4 rings (SSSR count). The molecule has 0 heterocycles. The number of rotatable bonds is 2. The topological polar surface area (TPSA) is 20.2 Å². The third-order valence-electron chi connectivity index (χ3n) is 5.46. The fraction of sp³-hybridized carbons (Fsp3) is 0.238. The van der Waals surface area contributed by atoms with Crippen molar-refractivity contribution in [3.05, 3.63) is 65.7 Å². The zero-order valence-corrected chi connectivity index (χ0v) is 13.1. The molecule has 0 aromatic heterocycles. The molecule has 0 fully saturated rings. The molecule has 1 aliphatic carbocycles. The average Bonchev–Trinajstić information content (AvgIpc) is 2.85. The molecule has 110 valence electrons. The van der Waals surface area contributed by atoms with Gasteiger partial charge in [0.05, 0.1) is 0 Å². The quantitative estimate of drug-likeness (QED) is 0.647. The van der Waals surface area contributed by atoms with E-state index in [1.165, 1.54) is 22.3 Å². The molecule has 0 radical (unpaired) electrons. The maximum Gasteiger partial charge on any atom is 0.123 e. The number of aromatic hydroxyl groups is 1. The van der Waals surface area contributed by atoms with Gasteiger partial charge in [0.1, 0.15) is 5.75 Å². The van der Waals surface area contributed by atoms with E-state index in [0.29, 0.717) is 5.75 Å². The molecule has 0 saturated carbocycles. The second kappa shape index (κ2) is 4.61. The van der Waals surface area contributed by atoms with Gasteiger partial charge in [-0.25, -0.2) is 0 Å². The van der Waals surface area contributed by atoms with Crippen molar-refractivity contribution in [2.24, 2.45) is 0 Å². The Morgan fingerprint density at radius 1 is 0.818 bits per heavy atom. The van der Waals surface area contributed by atoms with Gasteiger partial charge in [0.25, 0.3) is 0 Å². The van der Waals surface area contributed by atoms with Crippen LogP contribution in [0, 0.1) is 0 Å². The predicted octanol–water partition coefficient (Wildman–Crippen LogP) is 5.63. The summed E-state index contributed by atoms with van der Waals surface area (Å²) in [5, 5.41) is 12.6. The Labute approximate surface area is 131 Å². The number of phenols is 1. The molecule has 0 saturated heterocycles. The number of benzene rings is 3. The van der Waals surface area contributed by atoms with Gasteiger partial charge < -0.3 is 5.11 Å². The molecular weight excluding hydrogens is 268 g/mol. The van der Waals surface area contributed by atoms with Crippen LogP contribution in [-0.2, 0) is 5.41 Å². The minimum Gasteiger partial charge on any atom is -0.507 e. The summed E-state index contributed by atoms with van der Waals surface area (Å²) in [4.78, 5) is 0. The third kappa shape index (κ3) is 1.49. The minimum atomic E-state index is 0.0213. The predicted molar refractivity (Wildman–Crippen MR) is 92.4 cm³/mol. The van der Waals surface area contributed by atoms with Crippen LogP contribution >= 0.6 is 0 Å². The van der Waals surface area contributed by atoms with Gasteiger partial charge in [0.2, 0.25) is 0 Å². The van der Waals surface area contributed by atoms with Gasteiger partial charge in [0, 0.05) is 10.8 Å². The number of fused-ring (bicyclic) bond motifs is 5. The van der Waals surface area contributed by atoms with Crippen molar-refractivity contribution in [1.29, 1.82) is 0 Å². The first-order chi connectivity index (χ1) is 10.7. The highest BCUT2D eigenvalue weighted by Gasteiger charge is 2.41. The molecule has 0 atom stereocenters. The highest BCUT2D eigenvalue weighted by atomic mass is 16.3. The SMILES string of the molecule is CCC1(CC)c2ccccc2-c2c1cc(O)c1ccccc21. The molecule has 1 heteroatoms. The van der Waals surface area contributed by atoms with Crippen LogP contribution in [0.25, 0.3) is 21.9 Å². The standard InChI is InChI=1S/C21H20O/c1-3-21(4-2)17-12-8-7-11-16(17)20-15-10-6-5-9-14(15)19(22)13-18(20)21/h5-13,22H,3-4H2,1-2H3. The monoisotopic (exact) mass is 288 g/mol. The highest BCUT2D eigenvalue weighted by molar-refractivity contribution is 6.05. The van der Waals surface area contributed by atoms with Crippen LogP contribution in [0.1, 0.15) is 37.8 Å². The van der Waals surface area contributed by atoms with Gasteiger partial charge in [-0.15, -0.1) is 0 Å². The summed E-state index contributed by atoms with van der Waals surface area (Å²) in [5.74, 6) is 0.397. The number of hydrogen-bond donors (Lipinski definition) is 1. The lowest BCUT2D eigenvalue weighted by molar-refractivity contribution is 0.467. The van der Waals surface area contributed by atoms with Crippen molar-refractivity contribution < 1.29 is 5.11 Å². The van der Waals surface area contributed by atoms with E-state index in [2.05, 4.69) is 50.2 Å². The van der Waals surface area contributed by atoms with E-state index in [9.17, 15) is 5.11 Å². The van der Waals surface area contributed by atoms with E-state index in [1.54, 1.807) is 0 Å². The fourth-order valence-corrected chi connectivity index (χ4v) is 4.30. The van der Waals surface area contributed by atoms with E-state index >= 15 is 0 Å². The lowest BCUT2D eigenvalue weighted by Crippen LogP contribution is -2.22. The Hall–Kier alpha value is -2.28. The van der Waals surface area contributed by atoms with Crippen LogP contribution in [0.3, 0.4) is 0 Å². The van der Waals surface area contributed by atoms with E-state index in [0.717, 1.165) is 23.6 Å². The number of hydrogen-bond acceptors (Lipinski definition) is 1. The van der Waals surface area contributed by atoms with Crippen molar-refractivity contribution in [3.63, 3.8) is 0 Å². The summed E-state index contributed by atoms with van der Waals surface area (Å²) >= 11 is 0. The summed E-state index contributed by atoms with van der Waals surface area (Å²) in [6.45, 7) is 4.50. The maximum atomic E-state index is 10.5. The Kier molecular flexibility index (Phi) is 2.80. The van der Waals surface area contributed by atoms with Crippen molar-refractivity contribution in [2.75, 3.05) is 0 Å². The Morgan fingerprint density at radius 2 is 1.45 bits per heavy atom. The Balaban J connectivity index is 2.22. The normalized spacial score (nSPS) is 14.8. The lowest BCUT2D eigenvalue weighted by Gasteiger charge is -2.29. The molecule has 0 unspecified atom stereocenters. The van der Waals surface area contributed by atoms with Gasteiger partial charge in [-0.2, -0.15) is 0 Å². The van der Waals surface area contributed by atoms with Crippen molar-refractivity contribution in [1.82, 2.24) is 0 Å². The zero-order valence-electron chi connectivity index (χ0n) is 13.1. The molecule has 0 bridgehead atoms. The molecule has 3 aromatic rings. The van der Waals surface area contributed by atoms with Crippen LogP contribution in [0.15, 0.2) is 54.6 Å². The largest absolute Gasteiger partial charge is 0.507 e.